The van der Waals surface area contributed by atoms with Crippen molar-refractivity contribution in [2.24, 2.45) is 10.2 Å². The molecule has 3 heteroatoms. The van der Waals surface area contributed by atoms with Gasteiger partial charge in [-0.1, -0.05) is 25.5 Å². The summed E-state index contributed by atoms with van der Waals surface area (Å²) in [7, 11) is 0. The molecule has 23 heavy (non-hydrogen) atoms. The van der Waals surface area contributed by atoms with Crippen LogP contribution in [0.4, 0.5) is 17.1 Å². The van der Waals surface area contributed by atoms with Crippen molar-refractivity contribution in [1.29, 1.82) is 0 Å². The summed E-state index contributed by atoms with van der Waals surface area (Å²) in [5.41, 5.74) is 12.8. The van der Waals surface area contributed by atoms with Gasteiger partial charge in [0, 0.05) is 5.69 Å². The zero-order chi connectivity index (χ0) is 16.1. The molecule has 0 spiro atoms. The number of fused-ring (bicyclic) bond motifs is 1. The summed E-state index contributed by atoms with van der Waals surface area (Å²) in [6.45, 7) is 2.22. The minimum Gasteiger partial charge on any atom is -0.398 e. The first-order valence-corrected chi connectivity index (χ1v) is 8.69. The predicted molar refractivity (Wildman–Crippen MR) is 96.7 cm³/mol. The van der Waals surface area contributed by atoms with Crippen LogP contribution in [0.5, 0.6) is 0 Å². The van der Waals surface area contributed by atoms with E-state index >= 15 is 0 Å². The van der Waals surface area contributed by atoms with Gasteiger partial charge in [-0.15, -0.1) is 0 Å². The Labute approximate surface area is 138 Å². The smallest absolute Gasteiger partial charge is 0.0893 e. The van der Waals surface area contributed by atoms with Crippen LogP contribution in [0.2, 0.25) is 0 Å². The Hall–Kier alpha value is -2.16. The normalized spacial score (nSPS) is 14.1. The molecule has 1 aliphatic carbocycles. The van der Waals surface area contributed by atoms with Crippen LogP contribution in [0, 0.1) is 0 Å². The molecular weight excluding hydrogens is 282 g/mol. The molecule has 2 aromatic carbocycles. The van der Waals surface area contributed by atoms with Crippen molar-refractivity contribution in [3.8, 4) is 0 Å². The van der Waals surface area contributed by atoms with E-state index in [-0.39, 0.29) is 0 Å². The first-order valence-electron chi connectivity index (χ1n) is 8.69. The maximum Gasteiger partial charge on any atom is 0.0893 e. The Bertz CT molecular complexity index is 687. The second kappa shape index (κ2) is 7.40. The number of nitrogens with two attached hydrogens (primary N) is 1. The van der Waals surface area contributed by atoms with Crippen LogP contribution < -0.4 is 5.73 Å². The summed E-state index contributed by atoms with van der Waals surface area (Å²) < 4.78 is 0. The highest BCUT2D eigenvalue weighted by Gasteiger charge is 2.15. The minimum absolute atomic E-state index is 0.902. The van der Waals surface area contributed by atoms with Crippen molar-refractivity contribution in [1.82, 2.24) is 0 Å². The van der Waals surface area contributed by atoms with Gasteiger partial charge >= 0.3 is 0 Å². The third kappa shape index (κ3) is 3.79. The first-order chi connectivity index (χ1) is 11.3. The van der Waals surface area contributed by atoms with E-state index in [0.717, 1.165) is 36.3 Å². The molecule has 2 aromatic rings. The molecule has 1 aliphatic rings. The van der Waals surface area contributed by atoms with Crippen molar-refractivity contribution in [3.63, 3.8) is 0 Å². The molecule has 0 radical (unpaired) electrons. The molecule has 0 fully saturated rings. The predicted octanol–water partition coefficient (Wildman–Crippen LogP) is 5.91. The number of benzene rings is 2. The molecule has 0 amide bonds. The summed E-state index contributed by atoms with van der Waals surface area (Å²) in [5, 5.41) is 8.91. The number of hydrogen-bond acceptors (Lipinski definition) is 3. The van der Waals surface area contributed by atoms with E-state index in [0.29, 0.717) is 0 Å². The SMILES string of the molecule is CCCCc1ccc(/N=N/c2ccc(N)c3c2CCCC3)cc1. The molecule has 120 valence electrons. The van der Waals surface area contributed by atoms with Crippen LogP contribution in [0.15, 0.2) is 46.6 Å². The van der Waals surface area contributed by atoms with Gasteiger partial charge in [-0.25, -0.2) is 0 Å². The molecule has 0 saturated heterocycles. The second-order valence-electron chi connectivity index (χ2n) is 6.31. The van der Waals surface area contributed by atoms with Crippen molar-refractivity contribution >= 4 is 17.1 Å². The lowest BCUT2D eigenvalue weighted by Crippen LogP contribution is -2.06. The lowest BCUT2D eigenvalue weighted by Gasteiger charge is -2.18. The number of anilines is 1. The number of rotatable bonds is 5. The van der Waals surface area contributed by atoms with Crippen LogP contribution >= 0.6 is 0 Å². The second-order valence-corrected chi connectivity index (χ2v) is 6.31. The van der Waals surface area contributed by atoms with Crippen molar-refractivity contribution in [2.75, 3.05) is 5.73 Å². The topological polar surface area (TPSA) is 50.7 Å². The van der Waals surface area contributed by atoms with Gasteiger partial charge in [0.1, 0.15) is 0 Å². The van der Waals surface area contributed by atoms with Gasteiger partial charge in [-0.3, -0.25) is 0 Å². The zero-order valence-corrected chi connectivity index (χ0v) is 13.9. The van der Waals surface area contributed by atoms with Gasteiger partial charge < -0.3 is 5.73 Å². The van der Waals surface area contributed by atoms with E-state index in [9.17, 15) is 0 Å². The van der Waals surface area contributed by atoms with E-state index in [1.165, 1.54) is 42.4 Å². The molecule has 0 unspecified atom stereocenters. The third-order valence-electron chi connectivity index (χ3n) is 4.57. The van der Waals surface area contributed by atoms with E-state index in [4.69, 9.17) is 5.73 Å². The molecule has 0 saturated carbocycles. The van der Waals surface area contributed by atoms with E-state index in [1.54, 1.807) is 0 Å². The average molecular weight is 307 g/mol. The van der Waals surface area contributed by atoms with Gasteiger partial charge in [0.25, 0.3) is 0 Å². The Kier molecular flexibility index (Phi) is 5.06. The fourth-order valence-corrected chi connectivity index (χ4v) is 3.19. The maximum absolute atomic E-state index is 6.10. The number of nitrogens with zero attached hydrogens (tertiary/aromatic N) is 2. The minimum atomic E-state index is 0.902. The van der Waals surface area contributed by atoms with Gasteiger partial charge in [0.05, 0.1) is 11.4 Å². The molecule has 3 nitrogen and oxygen atoms in total. The summed E-state index contributed by atoms with van der Waals surface area (Å²) >= 11 is 0. The largest absolute Gasteiger partial charge is 0.398 e. The highest BCUT2D eigenvalue weighted by molar-refractivity contribution is 5.62. The quantitative estimate of drug-likeness (QED) is 0.542. The van der Waals surface area contributed by atoms with Crippen LogP contribution in [0.1, 0.15) is 49.3 Å². The van der Waals surface area contributed by atoms with Gasteiger partial charge in [-0.2, -0.15) is 10.2 Å². The monoisotopic (exact) mass is 307 g/mol. The Morgan fingerprint density at radius 1 is 0.913 bits per heavy atom. The summed E-state index contributed by atoms with van der Waals surface area (Å²) in [4.78, 5) is 0. The Morgan fingerprint density at radius 3 is 2.39 bits per heavy atom. The van der Waals surface area contributed by atoms with E-state index < -0.39 is 0 Å². The van der Waals surface area contributed by atoms with Gasteiger partial charge in [0.2, 0.25) is 0 Å². The fourth-order valence-electron chi connectivity index (χ4n) is 3.19. The molecule has 2 N–H and O–H groups in total. The Balaban J connectivity index is 1.78. The number of nitrogen functional groups attached to an aromatic ring is 1. The number of hydrogen-bond donors (Lipinski definition) is 1. The number of azo groups is 1. The van der Waals surface area contributed by atoms with Crippen molar-refractivity contribution in [3.05, 3.63) is 53.1 Å². The van der Waals surface area contributed by atoms with Crippen LogP contribution in [0.25, 0.3) is 0 Å². The van der Waals surface area contributed by atoms with Gasteiger partial charge in [-0.05, 0) is 79.5 Å². The molecule has 0 aromatic heterocycles. The standard InChI is InChI=1S/C20H25N3/c1-2-3-6-15-9-11-16(12-10-15)22-23-20-14-13-19(21)17-7-4-5-8-18(17)20/h9-14H,2-8,21H2,1H3/b23-22+. The molecule has 0 atom stereocenters. The maximum atomic E-state index is 6.10. The fraction of sp³-hybridized carbons (Fsp3) is 0.400. The van der Waals surface area contributed by atoms with Crippen LogP contribution in [-0.4, -0.2) is 0 Å². The summed E-state index contributed by atoms with van der Waals surface area (Å²) in [5.74, 6) is 0. The molecule has 0 bridgehead atoms. The Morgan fingerprint density at radius 2 is 1.65 bits per heavy atom. The third-order valence-corrected chi connectivity index (χ3v) is 4.57. The first kappa shape index (κ1) is 15.7. The van der Waals surface area contributed by atoms with Gasteiger partial charge in [0.15, 0.2) is 0 Å². The molecular formula is C20H25N3. The van der Waals surface area contributed by atoms with E-state index in [1.807, 2.05) is 12.1 Å². The van der Waals surface area contributed by atoms with Crippen molar-refractivity contribution < 1.29 is 0 Å². The lowest BCUT2D eigenvalue weighted by molar-refractivity contribution is 0.687. The summed E-state index contributed by atoms with van der Waals surface area (Å²) in [6.07, 6.45) is 8.16. The average Bonchev–Trinajstić information content (AvgIpc) is 2.60. The molecule has 0 heterocycles. The van der Waals surface area contributed by atoms with E-state index in [2.05, 4.69) is 41.4 Å². The van der Waals surface area contributed by atoms with Crippen LogP contribution in [-0.2, 0) is 19.3 Å². The van der Waals surface area contributed by atoms with Crippen molar-refractivity contribution in [2.45, 2.75) is 51.9 Å². The number of unbranched alkanes of at least 4 members (excludes halogenated alkanes) is 1. The number of aryl methyl sites for hydroxylation is 1. The lowest BCUT2D eigenvalue weighted by atomic mass is 9.89. The summed E-state index contributed by atoms with van der Waals surface area (Å²) in [6, 6.07) is 12.4. The highest BCUT2D eigenvalue weighted by atomic mass is 15.1. The highest BCUT2D eigenvalue weighted by Crippen LogP contribution is 2.34. The molecule has 3 rings (SSSR count). The van der Waals surface area contributed by atoms with Crippen LogP contribution in [0.3, 0.4) is 0 Å². The molecule has 0 aliphatic heterocycles. The zero-order valence-electron chi connectivity index (χ0n) is 13.9.